The average Bonchev–Trinajstić information content (AvgIpc) is 2.96. The summed E-state index contributed by atoms with van der Waals surface area (Å²) in [6.45, 7) is 2.16. The number of nitrogens with two attached hydrogens (primary N) is 1. The van der Waals surface area contributed by atoms with Crippen LogP contribution in [-0.2, 0) is 9.53 Å². The molecule has 0 bridgehead atoms. The lowest BCUT2D eigenvalue weighted by molar-refractivity contribution is -0.142. The number of carbonyl (C=O) groups excluding carboxylic acids is 1. The zero-order valence-corrected chi connectivity index (χ0v) is 9.16. The highest BCUT2D eigenvalue weighted by Crippen LogP contribution is 2.35. The molecule has 0 aromatic rings. The molecule has 0 aromatic heterocycles. The van der Waals surface area contributed by atoms with E-state index in [0.717, 1.165) is 12.3 Å². The van der Waals surface area contributed by atoms with Crippen LogP contribution in [0.25, 0.3) is 0 Å². The van der Waals surface area contributed by atoms with Crippen molar-refractivity contribution in [2.24, 2.45) is 17.6 Å². The summed E-state index contributed by atoms with van der Waals surface area (Å²) in [5, 5.41) is 0. The second kappa shape index (κ2) is 5.35. The Bertz CT molecular complexity index is 190. The predicted octanol–water partition coefficient (Wildman–Crippen LogP) is 1.70. The van der Waals surface area contributed by atoms with E-state index in [9.17, 15) is 4.79 Å². The van der Waals surface area contributed by atoms with Crippen molar-refractivity contribution in [2.75, 3.05) is 7.11 Å². The Morgan fingerprint density at radius 3 is 2.71 bits per heavy atom. The minimum atomic E-state index is -0.436. The summed E-state index contributed by atoms with van der Waals surface area (Å²) in [6.07, 6.45) is 6.04. The molecule has 82 valence electrons. The Balaban J connectivity index is 2.10. The standard InChI is InChI=1S/C11H21NO2/c1-8(3-4-9-5-6-9)7-10(12)11(13)14-2/h8-10H,3-7,12H2,1-2H3. The molecule has 0 saturated heterocycles. The predicted molar refractivity (Wildman–Crippen MR) is 55.7 cm³/mol. The lowest BCUT2D eigenvalue weighted by atomic mass is 9.96. The van der Waals surface area contributed by atoms with Crippen LogP contribution in [-0.4, -0.2) is 19.1 Å². The van der Waals surface area contributed by atoms with Gasteiger partial charge in [0, 0.05) is 0 Å². The molecule has 0 spiro atoms. The molecule has 2 atom stereocenters. The van der Waals surface area contributed by atoms with Crippen LogP contribution in [0.1, 0.15) is 39.0 Å². The van der Waals surface area contributed by atoms with Crippen LogP contribution in [0.5, 0.6) is 0 Å². The summed E-state index contributed by atoms with van der Waals surface area (Å²) in [7, 11) is 1.39. The highest BCUT2D eigenvalue weighted by atomic mass is 16.5. The van der Waals surface area contributed by atoms with Crippen LogP contribution in [0.2, 0.25) is 0 Å². The topological polar surface area (TPSA) is 52.3 Å². The summed E-state index contributed by atoms with van der Waals surface area (Å²) in [5.41, 5.74) is 5.68. The third-order valence-electron chi connectivity index (χ3n) is 2.92. The molecular formula is C11H21NO2. The van der Waals surface area contributed by atoms with Crippen molar-refractivity contribution in [1.82, 2.24) is 0 Å². The lowest BCUT2D eigenvalue weighted by Gasteiger charge is -2.15. The van der Waals surface area contributed by atoms with Gasteiger partial charge in [0.1, 0.15) is 6.04 Å². The maximum atomic E-state index is 11.1. The summed E-state index contributed by atoms with van der Waals surface area (Å²) < 4.78 is 4.59. The molecule has 1 aliphatic carbocycles. The van der Waals surface area contributed by atoms with E-state index < -0.39 is 6.04 Å². The summed E-state index contributed by atoms with van der Waals surface area (Å²) >= 11 is 0. The number of hydrogen-bond donors (Lipinski definition) is 1. The van der Waals surface area contributed by atoms with Gasteiger partial charge in [0.15, 0.2) is 0 Å². The number of rotatable bonds is 6. The minimum Gasteiger partial charge on any atom is -0.468 e. The van der Waals surface area contributed by atoms with Crippen LogP contribution in [0.3, 0.4) is 0 Å². The van der Waals surface area contributed by atoms with Gasteiger partial charge in [-0.1, -0.05) is 32.6 Å². The first kappa shape index (κ1) is 11.5. The van der Waals surface area contributed by atoms with Gasteiger partial charge in [0.05, 0.1) is 7.11 Å². The second-order valence-electron chi connectivity index (χ2n) is 4.49. The highest BCUT2D eigenvalue weighted by molar-refractivity contribution is 5.75. The van der Waals surface area contributed by atoms with E-state index in [2.05, 4.69) is 11.7 Å². The third kappa shape index (κ3) is 4.09. The van der Waals surface area contributed by atoms with Crippen molar-refractivity contribution >= 4 is 5.97 Å². The number of carbonyl (C=O) groups is 1. The molecule has 0 radical (unpaired) electrons. The molecular weight excluding hydrogens is 178 g/mol. The van der Waals surface area contributed by atoms with Crippen LogP contribution in [0.4, 0.5) is 0 Å². The lowest BCUT2D eigenvalue weighted by Crippen LogP contribution is -2.33. The van der Waals surface area contributed by atoms with Gasteiger partial charge in [0.25, 0.3) is 0 Å². The second-order valence-corrected chi connectivity index (χ2v) is 4.49. The molecule has 2 unspecified atom stereocenters. The first-order chi connectivity index (χ1) is 6.63. The summed E-state index contributed by atoms with van der Waals surface area (Å²) in [5.74, 6) is 1.21. The smallest absolute Gasteiger partial charge is 0.322 e. The molecule has 3 heteroatoms. The maximum absolute atomic E-state index is 11.1. The van der Waals surface area contributed by atoms with Gasteiger partial charge in [-0.25, -0.2) is 0 Å². The van der Waals surface area contributed by atoms with Gasteiger partial charge in [-0.3, -0.25) is 4.79 Å². The Labute approximate surface area is 86.0 Å². The molecule has 2 N–H and O–H groups in total. The SMILES string of the molecule is COC(=O)C(N)CC(C)CCC1CC1. The van der Waals surface area contributed by atoms with Crippen LogP contribution in [0.15, 0.2) is 0 Å². The fourth-order valence-electron chi connectivity index (χ4n) is 1.73. The Kier molecular flexibility index (Phi) is 4.39. The van der Waals surface area contributed by atoms with E-state index in [4.69, 9.17) is 5.73 Å². The number of ether oxygens (including phenoxy) is 1. The molecule has 1 rings (SSSR count). The van der Waals surface area contributed by atoms with Crippen LogP contribution in [0, 0.1) is 11.8 Å². The van der Waals surface area contributed by atoms with Gasteiger partial charge in [-0.15, -0.1) is 0 Å². The largest absolute Gasteiger partial charge is 0.468 e. The van der Waals surface area contributed by atoms with E-state index >= 15 is 0 Å². The number of hydrogen-bond acceptors (Lipinski definition) is 3. The average molecular weight is 199 g/mol. The molecule has 0 aromatic carbocycles. The summed E-state index contributed by atoms with van der Waals surface area (Å²) in [6, 6.07) is -0.436. The van der Waals surface area contributed by atoms with E-state index in [0.29, 0.717) is 5.92 Å². The first-order valence-corrected chi connectivity index (χ1v) is 5.47. The fourth-order valence-corrected chi connectivity index (χ4v) is 1.73. The molecule has 0 heterocycles. The van der Waals surface area contributed by atoms with Gasteiger partial charge in [-0.2, -0.15) is 0 Å². The van der Waals surface area contributed by atoms with Crippen molar-refractivity contribution in [3.63, 3.8) is 0 Å². The fraction of sp³-hybridized carbons (Fsp3) is 0.909. The quantitative estimate of drug-likeness (QED) is 0.662. The number of methoxy groups -OCH3 is 1. The van der Waals surface area contributed by atoms with Crippen molar-refractivity contribution in [2.45, 2.75) is 45.1 Å². The van der Waals surface area contributed by atoms with E-state index in [1.807, 2.05) is 0 Å². The first-order valence-electron chi connectivity index (χ1n) is 5.47. The molecule has 1 aliphatic rings. The van der Waals surface area contributed by atoms with E-state index in [1.54, 1.807) is 0 Å². The van der Waals surface area contributed by atoms with Gasteiger partial charge in [-0.05, 0) is 18.3 Å². The van der Waals surface area contributed by atoms with E-state index in [-0.39, 0.29) is 5.97 Å². The molecule has 0 amide bonds. The van der Waals surface area contributed by atoms with Crippen LogP contribution >= 0.6 is 0 Å². The molecule has 1 saturated carbocycles. The Hall–Kier alpha value is -0.570. The van der Waals surface area contributed by atoms with Gasteiger partial charge in [0.2, 0.25) is 0 Å². The van der Waals surface area contributed by atoms with Crippen molar-refractivity contribution in [1.29, 1.82) is 0 Å². The normalized spacial score (nSPS) is 20.2. The number of esters is 1. The minimum absolute atomic E-state index is 0.289. The van der Waals surface area contributed by atoms with E-state index in [1.165, 1.54) is 32.8 Å². The third-order valence-corrected chi connectivity index (χ3v) is 2.92. The van der Waals surface area contributed by atoms with Crippen LogP contribution < -0.4 is 5.73 Å². The summed E-state index contributed by atoms with van der Waals surface area (Å²) in [4.78, 5) is 11.1. The molecule has 3 nitrogen and oxygen atoms in total. The molecule has 1 fully saturated rings. The highest BCUT2D eigenvalue weighted by Gasteiger charge is 2.23. The monoisotopic (exact) mass is 199 g/mol. The van der Waals surface area contributed by atoms with Crippen molar-refractivity contribution in [3.05, 3.63) is 0 Å². The van der Waals surface area contributed by atoms with Crippen molar-refractivity contribution in [3.8, 4) is 0 Å². The Morgan fingerprint density at radius 1 is 1.57 bits per heavy atom. The van der Waals surface area contributed by atoms with Gasteiger partial charge < -0.3 is 10.5 Å². The Morgan fingerprint density at radius 2 is 2.21 bits per heavy atom. The zero-order chi connectivity index (χ0) is 10.6. The van der Waals surface area contributed by atoms with Crippen molar-refractivity contribution < 1.29 is 9.53 Å². The molecule has 14 heavy (non-hydrogen) atoms. The molecule has 0 aliphatic heterocycles. The maximum Gasteiger partial charge on any atom is 0.322 e. The van der Waals surface area contributed by atoms with Gasteiger partial charge >= 0.3 is 5.97 Å². The zero-order valence-electron chi connectivity index (χ0n) is 9.16.